The van der Waals surface area contributed by atoms with E-state index in [-0.39, 0.29) is 11.6 Å². The van der Waals surface area contributed by atoms with Crippen LogP contribution >= 0.6 is 0 Å². The molecule has 1 heterocycles. The van der Waals surface area contributed by atoms with Gasteiger partial charge >= 0.3 is 0 Å². The average Bonchev–Trinajstić information content (AvgIpc) is 2.19. The Balaban J connectivity index is 2.98. The molecule has 0 aliphatic carbocycles. The van der Waals surface area contributed by atoms with Crippen LogP contribution < -0.4 is 5.73 Å². The van der Waals surface area contributed by atoms with Gasteiger partial charge in [0.25, 0.3) is 0 Å². The molecule has 0 aliphatic rings. The van der Waals surface area contributed by atoms with E-state index in [1.54, 1.807) is 7.05 Å². The first-order valence-corrected chi connectivity index (χ1v) is 3.63. The molecule has 11 heavy (non-hydrogen) atoms. The molecule has 3 nitrogen and oxygen atoms in total. The van der Waals surface area contributed by atoms with Gasteiger partial charge in [-0.3, -0.25) is 4.68 Å². The highest BCUT2D eigenvalue weighted by Gasteiger charge is 2.11. The largest absolute Gasteiger partial charge is 0.381 e. The van der Waals surface area contributed by atoms with Crippen LogP contribution in [0.5, 0.6) is 0 Å². The number of nitrogen functional groups attached to an aromatic ring is 1. The standard InChI is InChI=1S/C7H12FN3/c1-3-4-5-6(8)7(9)11(2)10-5/h3-4,9H2,1-2H3. The molecule has 0 bridgehead atoms. The normalized spacial score (nSPS) is 10.5. The van der Waals surface area contributed by atoms with Crippen molar-refractivity contribution in [3.05, 3.63) is 11.5 Å². The Morgan fingerprint density at radius 3 is 2.64 bits per heavy atom. The quantitative estimate of drug-likeness (QED) is 0.698. The molecule has 0 unspecified atom stereocenters. The summed E-state index contributed by atoms with van der Waals surface area (Å²) in [6.07, 6.45) is 1.53. The first kappa shape index (κ1) is 8.04. The van der Waals surface area contributed by atoms with Gasteiger partial charge in [0.15, 0.2) is 11.6 Å². The Hall–Kier alpha value is -1.06. The summed E-state index contributed by atoms with van der Waals surface area (Å²) in [5.74, 6) is -0.247. The van der Waals surface area contributed by atoms with Crippen molar-refractivity contribution in [1.82, 2.24) is 9.78 Å². The number of hydrogen-bond donors (Lipinski definition) is 1. The highest BCUT2D eigenvalue weighted by Crippen LogP contribution is 2.14. The van der Waals surface area contributed by atoms with Gasteiger partial charge in [-0.05, 0) is 6.42 Å². The van der Waals surface area contributed by atoms with Crippen molar-refractivity contribution in [2.75, 3.05) is 5.73 Å². The molecule has 0 aliphatic heterocycles. The molecule has 1 rings (SSSR count). The van der Waals surface area contributed by atoms with Crippen molar-refractivity contribution in [3.8, 4) is 0 Å². The Bertz CT molecular complexity index is 254. The predicted octanol–water partition coefficient (Wildman–Crippen LogP) is 1.09. The van der Waals surface area contributed by atoms with Crippen LogP contribution in [0.25, 0.3) is 0 Å². The monoisotopic (exact) mass is 157 g/mol. The second-order valence-electron chi connectivity index (χ2n) is 2.52. The molecule has 0 aromatic carbocycles. The lowest BCUT2D eigenvalue weighted by atomic mass is 10.2. The molecule has 0 saturated carbocycles. The first-order chi connectivity index (χ1) is 5.16. The molecule has 0 atom stereocenters. The molecule has 0 fully saturated rings. The van der Waals surface area contributed by atoms with Crippen molar-refractivity contribution < 1.29 is 4.39 Å². The van der Waals surface area contributed by atoms with Crippen molar-refractivity contribution in [2.24, 2.45) is 7.05 Å². The van der Waals surface area contributed by atoms with E-state index in [4.69, 9.17) is 5.73 Å². The minimum absolute atomic E-state index is 0.119. The summed E-state index contributed by atoms with van der Waals surface area (Å²) in [5.41, 5.74) is 5.82. The number of nitrogens with zero attached hydrogens (tertiary/aromatic N) is 2. The van der Waals surface area contributed by atoms with Gasteiger partial charge in [-0.15, -0.1) is 0 Å². The van der Waals surface area contributed by atoms with E-state index >= 15 is 0 Å². The van der Waals surface area contributed by atoms with Gasteiger partial charge in [0.1, 0.15) is 5.69 Å². The number of anilines is 1. The zero-order valence-corrected chi connectivity index (χ0v) is 6.76. The van der Waals surface area contributed by atoms with Gasteiger partial charge in [-0.25, -0.2) is 4.39 Å². The summed E-state index contributed by atoms with van der Waals surface area (Å²) in [5, 5.41) is 3.92. The molecule has 0 amide bonds. The van der Waals surface area contributed by atoms with Gasteiger partial charge in [0, 0.05) is 7.05 Å². The summed E-state index contributed by atoms with van der Waals surface area (Å²) in [6.45, 7) is 1.98. The maximum Gasteiger partial charge on any atom is 0.188 e. The zero-order chi connectivity index (χ0) is 8.43. The van der Waals surface area contributed by atoms with Gasteiger partial charge in [0.2, 0.25) is 0 Å². The molecule has 0 saturated heterocycles. The van der Waals surface area contributed by atoms with Crippen molar-refractivity contribution in [2.45, 2.75) is 19.8 Å². The van der Waals surface area contributed by atoms with E-state index < -0.39 is 0 Å². The lowest BCUT2D eigenvalue weighted by molar-refractivity contribution is 0.611. The van der Waals surface area contributed by atoms with Crippen LogP contribution in [-0.2, 0) is 13.5 Å². The fourth-order valence-electron chi connectivity index (χ4n) is 0.965. The Kier molecular flexibility index (Phi) is 2.12. The average molecular weight is 157 g/mol. The molecule has 0 radical (unpaired) electrons. The molecule has 0 spiro atoms. The van der Waals surface area contributed by atoms with Crippen LogP contribution in [0.1, 0.15) is 19.0 Å². The SMILES string of the molecule is CCCc1nn(C)c(N)c1F. The maximum atomic E-state index is 13.0. The lowest BCUT2D eigenvalue weighted by Gasteiger charge is -1.88. The Labute approximate surface area is 65.0 Å². The number of hydrogen-bond acceptors (Lipinski definition) is 2. The number of aromatic nitrogens is 2. The zero-order valence-electron chi connectivity index (χ0n) is 6.76. The number of halogens is 1. The fraction of sp³-hybridized carbons (Fsp3) is 0.571. The van der Waals surface area contributed by atoms with Crippen LogP contribution in [0.3, 0.4) is 0 Å². The third-order valence-corrected chi connectivity index (χ3v) is 1.58. The number of nitrogens with two attached hydrogens (primary N) is 1. The number of rotatable bonds is 2. The first-order valence-electron chi connectivity index (χ1n) is 3.63. The van der Waals surface area contributed by atoms with Crippen LogP contribution in [0.4, 0.5) is 10.2 Å². The van der Waals surface area contributed by atoms with Crippen molar-refractivity contribution in [3.63, 3.8) is 0 Å². The third kappa shape index (κ3) is 1.34. The molecule has 1 aromatic heterocycles. The minimum Gasteiger partial charge on any atom is -0.381 e. The summed E-state index contributed by atoms with van der Waals surface area (Å²) < 4.78 is 14.4. The van der Waals surface area contributed by atoms with E-state index in [0.29, 0.717) is 12.1 Å². The van der Waals surface area contributed by atoms with Gasteiger partial charge in [-0.1, -0.05) is 13.3 Å². The van der Waals surface area contributed by atoms with Crippen molar-refractivity contribution >= 4 is 5.82 Å². The van der Waals surface area contributed by atoms with E-state index in [1.807, 2.05) is 6.92 Å². The Morgan fingerprint density at radius 2 is 2.27 bits per heavy atom. The smallest absolute Gasteiger partial charge is 0.188 e. The second-order valence-corrected chi connectivity index (χ2v) is 2.52. The molecule has 2 N–H and O–H groups in total. The highest BCUT2D eigenvalue weighted by atomic mass is 19.1. The van der Waals surface area contributed by atoms with E-state index in [9.17, 15) is 4.39 Å². The van der Waals surface area contributed by atoms with Crippen LogP contribution in [0, 0.1) is 5.82 Å². The fourth-order valence-corrected chi connectivity index (χ4v) is 0.965. The van der Waals surface area contributed by atoms with Crippen LogP contribution in [-0.4, -0.2) is 9.78 Å². The molecule has 1 aromatic rings. The summed E-state index contributed by atoms with van der Waals surface area (Å²) in [4.78, 5) is 0. The van der Waals surface area contributed by atoms with Gasteiger partial charge in [0.05, 0.1) is 0 Å². The van der Waals surface area contributed by atoms with Gasteiger partial charge < -0.3 is 5.73 Å². The predicted molar refractivity (Wildman–Crippen MR) is 41.6 cm³/mol. The lowest BCUT2D eigenvalue weighted by Crippen LogP contribution is -1.97. The molecular weight excluding hydrogens is 145 g/mol. The van der Waals surface area contributed by atoms with E-state index in [2.05, 4.69) is 5.10 Å². The number of aryl methyl sites for hydroxylation is 2. The topological polar surface area (TPSA) is 43.8 Å². The minimum atomic E-state index is -0.366. The molecule has 62 valence electrons. The summed E-state index contributed by atoms with van der Waals surface area (Å²) in [7, 11) is 1.64. The maximum absolute atomic E-state index is 13.0. The van der Waals surface area contributed by atoms with Crippen LogP contribution in [0.15, 0.2) is 0 Å². The summed E-state index contributed by atoms with van der Waals surface area (Å²) in [6, 6.07) is 0. The van der Waals surface area contributed by atoms with E-state index in [1.165, 1.54) is 4.68 Å². The van der Waals surface area contributed by atoms with Gasteiger partial charge in [-0.2, -0.15) is 5.10 Å². The van der Waals surface area contributed by atoms with E-state index in [0.717, 1.165) is 6.42 Å². The molecule has 4 heteroatoms. The highest BCUT2D eigenvalue weighted by molar-refractivity contribution is 5.33. The Morgan fingerprint density at radius 1 is 1.64 bits per heavy atom. The van der Waals surface area contributed by atoms with Crippen LogP contribution in [0.2, 0.25) is 0 Å². The second kappa shape index (κ2) is 2.90. The molecular formula is C7H12FN3. The summed E-state index contributed by atoms with van der Waals surface area (Å²) >= 11 is 0. The van der Waals surface area contributed by atoms with Crippen molar-refractivity contribution in [1.29, 1.82) is 0 Å². The third-order valence-electron chi connectivity index (χ3n) is 1.58.